The van der Waals surface area contributed by atoms with Crippen molar-refractivity contribution < 1.29 is 14.3 Å². The van der Waals surface area contributed by atoms with Crippen LogP contribution in [-0.4, -0.2) is 64.6 Å². The number of amides is 2. The molecule has 28 heavy (non-hydrogen) atoms. The Hall–Kier alpha value is -2.35. The summed E-state index contributed by atoms with van der Waals surface area (Å²) in [7, 11) is 0. The minimum Gasteiger partial charge on any atom is -0.447 e. The summed E-state index contributed by atoms with van der Waals surface area (Å²) in [6.07, 6.45) is 4.70. The van der Waals surface area contributed by atoms with Gasteiger partial charge in [0.2, 0.25) is 0 Å². The molecule has 2 aliphatic heterocycles. The van der Waals surface area contributed by atoms with E-state index < -0.39 is 5.54 Å². The van der Waals surface area contributed by atoms with Gasteiger partial charge >= 0.3 is 6.09 Å². The number of aromatic nitrogens is 1. The first-order valence-electron chi connectivity index (χ1n) is 9.93. The molecular weight excluding hydrogens is 376 g/mol. The molecule has 8 heteroatoms. The van der Waals surface area contributed by atoms with Gasteiger partial charge in [0.15, 0.2) is 5.13 Å². The lowest BCUT2D eigenvalue weighted by atomic mass is 9.98. The van der Waals surface area contributed by atoms with Gasteiger partial charge < -0.3 is 15.0 Å². The van der Waals surface area contributed by atoms with Crippen LogP contribution in [0.1, 0.15) is 43.0 Å². The van der Waals surface area contributed by atoms with Gasteiger partial charge in [-0.2, -0.15) is 0 Å². The maximum Gasteiger partial charge on any atom is 0.410 e. The Kier molecular flexibility index (Phi) is 4.19. The SMILES string of the molecule is C[C@@]12COC(=O)N1CCN(C(=O)c1ccc3nc(NC4CCCC4)sc3c1)C2. The van der Waals surface area contributed by atoms with Gasteiger partial charge in [-0.05, 0) is 38.0 Å². The number of hydrogen-bond donors (Lipinski definition) is 1. The number of ether oxygens (including phenoxy) is 1. The van der Waals surface area contributed by atoms with E-state index in [9.17, 15) is 9.59 Å². The van der Waals surface area contributed by atoms with Crippen LogP contribution >= 0.6 is 11.3 Å². The van der Waals surface area contributed by atoms with E-state index in [0.29, 0.717) is 37.8 Å². The summed E-state index contributed by atoms with van der Waals surface area (Å²) >= 11 is 1.61. The zero-order chi connectivity index (χ0) is 19.3. The van der Waals surface area contributed by atoms with E-state index in [2.05, 4.69) is 10.3 Å². The van der Waals surface area contributed by atoms with Gasteiger partial charge in [0.1, 0.15) is 6.61 Å². The second-order valence-electron chi connectivity index (χ2n) is 8.26. The molecule has 3 aliphatic rings. The van der Waals surface area contributed by atoms with Crippen LogP contribution in [0.25, 0.3) is 10.2 Å². The number of piperazine rings is 1. The monoisotopic (exact) mass is 400 g/mol. The van der Waals surface area contributed by atoms with Crippen LogP contribution in [0.15, 0.2) is 18.2 Å². The number of rotatable bonds is 3. The number of cyclic esters (lactones) is 1. The summed E-state index contributed by atoms with van der Waals surface area (Å²) in [4.78, 5) is 33.2. The highest BCUT2D eigenvalue weighted by Crippen LogP contribution is 2.32. The van der Waals surface area contributed by atoms with Crippen LogP contribution in [0.4, 0.5) is 9.93 Å². The first-order chi connectivity index (χ1) is 13.5. The third-order valence-corrected chi connectivity index (χ3v) is 7.06. The minimum atomic E-state index is -0.433. The van der Waals surface area contributed by atoms with Crippen molar-refractivity contribution >= 4 is 38.7 Å². The lowest BCUT2D eigenvalue weighted by molar-refractivity contribution is 0.0433. The molecule has 1 atom stereocenters. The molecule has 3 heterocycles. The van der Waals surface area contributed by atoms with Gasteiger partial charge in [0.05, 0.1) is 15.8 Å². The lowest BCUT2D eigenvalue weighted by Gasteiger charge is -2.42. The van der Waals surface area contributed by atoms with Gasteiger partial charge in [-0.15, -0.1) is 0 Å². The standard InChI is InChI=1S/C20H24N4O3S/c1-20-11-23(8-9-24(20)19(26)27-12-20)17(25)13-6-7-15-16(10-13)28-18(22-15)21-14-4-2-3-5-14/h6-7,10,14H,2-5,8-9,11-12H2,1H3,(H,21,22)/t20-/m1/s1. The van der Waals surface area contributed by atoms with Crippen molar-refractivity contribution in [2.24, 2.45) is 0 Å². The predicted octanol–water partition coefficient (Wildman–Crippen LogP) is 3.32. The summed E-state index contributed by atoms with van der Waals surface area (Å²) in [6, 6.07) is 6.25. The summed E-state index contributed by atoms with van der Waals surface area (Å²) in [5, 5.41) is 4.48. The van der Waals surface area contributed by atoms with Crippen molar-refractivity contribution in [3.05, 3.63) is 23.8 Å². The molecule has 1 aromatic carbocycles. The second kappa shape index (κ2) is 6.62. The molecule has 0 bridgehead atoms. The number of carbonyl (C=O) groups is 2. The fourth-order valence-corrected chi connectivity index (χ4v) is 5.50. The Bertz CT molecular complexity index is 939. The van der Waals surface area contributed by atoms with Crippen LogP contribution in [0.2, 0.25) is 0 Å². The number of carbonyl (C=O) groups excluding carboxylic acids is 2. The number of fused-ring (bicyclic) bond motifs is 2. The Morgan fingerprint density at radius 1 is 1.32 bits per heavy atom. The zero-order valence-electron chi connectivity index (χ0n) is 15.9. The van der Waals surface area contributed by atoms with E-state index in [1.807, 2.05) is 30.0 Å². The predicted molar refractivity (Wildman–Crippen MR) is 108 cm³/mol. The van der Waals surface area contributed by atoms with Crippen molar-refractivity contribution in [1.82, 2.24) is 14.8 Å². The van der Waals surface area contributed by atoms with Crippen LogP contribution in [0.3, 0.4) is 0 Å². The molecule has 0 unspecified atom stereocenters. The van der Waals surface area contributed by atoms with Crippen molar-refractivity contribution in [2.45, 2.75) is 44.2 Å². The van der Waals surface area contributed by atoms with E-state index in [-0.39, 0.29) is 12.0 Å². The van der Waals surface area contributed by atoms with Gasteiger partial charge in [-0.3, -0.25) is 9.69 Å². The molecular formula is C20H24N4O3S. The van der Waals surface area contributed by atoms with E-state index >= 15 is 0 Å². The van der Waals surface area contributed by atoms with E-state index in [4.69, 9.17) is 4.74 Å². The highest BCUT2D eigenvalue weighted by Gasteiger charge is 2.48. The minimum absolute atomic E-state index is 0.000765. The van der Waals surface area contributed by atoms with Gasteiger partial charge in [-0.1, -0.05) is 24.2 Å². The molecule has 0 radical (unpaired) electrons. The normalized spacial score (nSPS) is 25.2. The molecule has 2 amide bonds. The van der Waals surface area contributed by atoms with Crippen LogP contribution in [0.5, 0.6) is 0 Å². The molecule has 1 N–H and O–H groups in total. The first-order valence-corrected chi connectivity index (χ1v) is 10.7. The molecule has 0 spiro atoms. The average molecular weight is 401 g/mol. The molecule has 1 aliphatic carbocycles. The third kappa shape index (κ3) is 2.99. The second-order valence-corrected chi connectivity index (χ2v) is 9.29. The molecule has 3 fully saturated rings. The number of anilines is 1. The van der Waals surface area contributed by atoms with E-state index in [0.717, 1.165) is 15.3 Å². The van der Waals surface area contributed by atoms with Gasteiger partial charge in [-0.25, -0.2) is 9.78 Å². The van der Waals surface area contributed by atoms with Crippen LogP contribution in [-0.2, 0) is 4.74 Å². The highest BCUT2D eigenvalue weighted by molar-refractivity contribution is 7.22. The topological polar surface area (TPSA) is 74.8 Å². The lowest BCUT2D eigenvalue weighted by Crippen LogP contribution is -2.60. The van der Waals surface area contributed by atoms with Gasteiger partial charge in [0.25, 0.3) is 5.91 Å². The molecule has 5 rings (SSSR count). The van der Waals surface area contributed by atoms with Crippen molar-refractivity contribution in [3.8, 4) is 0 Å². The summed E-state index contributed by atoms with van der Waals surface area (Å²) in [6.45, 7) is 3.84. The zero-order valence-corrected chi connectivity index (χ0v) is 16.8. The largest absolute Gasteiger partial charge is 0.447 e. The van der Waals surface area contributed by atoms with Crippen LogP contribution < -0.4 is 5.32 Å². The molecule has 2 saturated heterocycles. The average Bonchev–Trinajstić information content (AvgIpc) is 3.40. The maximum absolute atomic E-state index is 13.1. The smallest absolute Gasteiger partial charge is 0.410 e. The van der Waals surface area contributed by atoms with E-state index in [1.54, 1.807) is 16.2 Å². The van der Waals surface area contributed by atoms with Crippen molar-refractivity contribution in [2.75, 3.05) is 31.6 Å². The number of thiazole rings is 1. The third-order valence-electron chi connectivity index (χ3n) is 6.11. The molecule has 7 nitrogen and oxygen atoms in total. The molecule has 1 saturated carbocycles. The number of nitrogens with zero attached hydrogens (tertiary/aromatic N) is 3. The summed E-state index contributed by atoms with van der Waals surface area (Å²) in [5.41, 5.74) is 1.16. The summed E-state index contributed by atoms with van der Waals surface area (Å²) in [5.74, 6) is 0.000765. The first kappa shape index (κ1) is 17.7. The van der Waals surface area contributed by atoms with E-state index in [1.165, 1.54) is 25.7 Å². The van der Waals surface area contributed by atoms with Crippen molar-refractivity contribution in [1.29, 1.82) is 0 Å². The Labute approximate surface area is 167 Å². The molecule has 2 aromatic rings. The number of nitrogens with one attached hydrogen (secondary N) is 1. The Morgan fingerprint density at radius 3 is 2.96 bits per heavy atom. The van der Waals surface area contributed by atoms with Crippen LogP contribution in [0, 0.1) is 0 Å². The fourth-order valence-electron chi connectivity index (χ4n) is 4.52. The number of benzene rings is 1. The van der Waals surface area contributed by atoms with Crippen molar-refractivity contribution in [3.63, 3.8) is 0 Å². The fraction of sp³-hybridized carbons (Fsp3) is 0.550. The summed E-state index contributed by atoms with van der Waals surface area (Å²) < 4.78 is 6.21. The Balaban J connectivity index is 1.34. The quantitative estimate of drug-likeness (QED) is 0.856. The Morgan fingerprint density at radius 2 is 2.14 bits per heavy atom. The number of hydrogen-bond acceptors (Lipinski definition) is 6. The highest BCUT2D eigenvalue weighted by atomic mass is 32.1. The molecule has 148 valence electrons. The molecule has 1 aromatic heterocycles. The van der Waals surface area contributed by atoms with Gasteiger partial charge in [0, 0.05) is 31.2 Å². The maximum atomic E-state index is 13.1.